The van der Waals surface area contributed by atoms with E-state index in [1.54, 1.807) is 0 Å². The molecule has 0 aliphatic heterocycles. The Morgan fingerprint density at radius 2 is 1.18 bits per heavy atom. The van der Waals surface area contributed by atoms with Crippen LogP contribution in [-0.2, 0) is 0 Å². The summed E-state index contributed by atoms with van der Waals surface area (Å²) < 4.78 is 0. The zero-order valence-corrected chi connectivity index (χ0v) is 18.8. The maximum atomic E-state index is 10.6. The fourth-order valence-electron chi connectivity index (χ4n) is 1.36. The molecule has 0 saturated carbocycles. The molecule has 0 N–H and O–H groups in total. The number of hydrogen-bond donors (Lipinski definition) is 0. The number of allylic oxidation sites excluding steroid dienone is 10. The fraction of sp³-hybridized carbons (Fsp3) is 0.333. The van der Waals surface area contributed by atoms with Crippen LogP contribution in [-0.4, -0.2) is 13.2 Å². The maximum absolute atomic E-state index is 10.6. The minimum absolute atomic E-state index is 0. The Kier molecular flexibility index (Phi) is 21.9. The van der Waals surface area contributed by atoms with Crippen molar-refractivity contribution in [2.24, 2.45) is 0 Å². The molecule has 0 aliphatic carbocycles. The Morgan fingerprint density at radius 3 is 1.68 bits per heavy atom. The third kappa shape index (κ3) is 16.7. The van der Waals surface area contributed by atoms with Gasteiger partial charge in [-0.1, -0.05) is 70.9 Å². The van der Waals surface area contributed by atoms with E-state index in [4.69, 9.17) is 0 Å². The van der Waals surface area contributed by atoms with Crippen molar-refractivity contribution in [1.82, 2.24) is 0 Å². The molecule has 0 aromatic heterocycles. The maximum Gasteiger partial charge on any atom is 1.00 e. The first-order chi connectivity index (χ1) is 9.49. The van der Waals surface area contributed by atoms with Crippen molar-refractivity contribution in [3.05, 3.63) is 70.9 Å². The van der Waals surface area contributed by atoms with Crippen molar-refractivity contribution >= 4 is 0 Å². The average Bonchev–Trinajstić information content (AvgIpc) is 2.43. The minimum Gasteiger partial charge on any atom is -0.851 e. The van der Waals surface area contributed by atoms with Gasteiger partial charge in [0.25, 0.3) is 0 Å². The van der Waals surface area contributed by atoms with Crippen molar-refractivity contribution in [3.8, 4) is 0 Å². The normalized spacial score (nSPS) is 14.3. The zero-order valence-electron chi connectivity index (χ0n) is 14.8. The van der Waals surface area contributed by atoms with E-state index >= 15 is 0 Å². The molecule has 0 rings (SSSR count). The van der Waals surface area contributed by atoms with Gasteiger partial charge in [0.05, 0.1) is 0 Å². The quantitative estimate of drug-likeness (QED) is 0.363. The van der Waals surface area contributed by atoms with Gasteiger partial charge in [0.2, 0.25) is 0 Å². The third-order valence-corrected chi connectivity index (χ3v) is 2.50. The van der Waals surface area contributed by atoms with E-state index < -0.39 is 0 Å². The van der Waals surface area contributed by atoms with Crippen LogP contribution in [0.15, 0.2) is 70.9 Å². The van der Waals surface area contributed by atoms with Crippen molar-refractivity contribution in [2.45, 2.75) is 27.7 Å². The van der Waals surface area contributed by atoms with Gasteiger partial charge in [-0.25, -0.2) is 0 Å². The van der Waals surface area contributed by atoms with Crippen LogP contribution in [0.2, 0.25) is 0 Å². The SMILES string of the molecule is CC(=C/C=C/C(C)=C/C=C/C=C(C)/C=C(\C)C[O-])C[O-].[Na+].[Na+]. The molecule has 0 amide bonds. The van der Waals surface area contributed by atoms with Gasteiger partial charge >= 0.3 is 59.1 Å². The van der Waals surface area contributed by atoms with Crippen molar-refractivity contribution in [2.75, 3.05) is 13.2 Å². The molecule has 4 heteroatoms. The van der Waals surface area contributed by atoms with Gasteiger partial charge in [0.1, 0.15) is 0 Å². The Labute approximate surface area is 179 Å². The molecule has 0 aliphatic rings. The van der Waals surface area contributed by atoms with E-state index in [0.29, 0.717) is 0 Å². The van der Waals surface area contributed by atoms with Crippen LogP contribution in [0.3, 0.4) is 0 Å². The van der Waals surface area contributed by atoms with Crippen LogP contribution in [0.25, 0.3) is 0 Å². The molecule has 2 nitrogen and oxygen atoms in total. The van der Waals surface area contributed by atoms with Gasteiger partial charge in [-0.05, 0) is 27.7 Å². The molecule has 0 atom stereocenters. The summed E-state index contributed by atoms with van der Waals surface area (Å²) >= 11 is 0. The van der Waals surface area contributed by atoms with E-state index in [-0.39, 0.29) is 72.3 Å². The van der Waals surface area contributed by atoms with Crippen LogP contribution in [0.4, 0.5) is 0 Å². The summed E-state index contributed by atoms with van der Waals surface area (Å²) in [6.45, 7) is 7.31. The molecular formula is C18H24Na2O2. The second-order valence-electron chi connectivity index (χ2n) is 4.86. The average molecular weight is 318 g/mol. The molecular weight excluding hydrogens is 294 g/mol. The van der Waals surface area contributed by atoms with Gasteiger partial charge in [-0.3, -0.25) is 0 Å². The van der Waals surface area contributed by atoms with E-state index in [1.807, 2.05) is 76.3 Å². The second-order valence-corrected chi connectivity index (χ2v) is 4.86. The molecule has 0 spiro atoms. The van der Waals surface area contributed by atoms with E-state index in [9.17, 15) is 10.2 Å². The largest absolute Gasteiger partial charge is 1.00 e. The molecule has 0 aromatic rings. The monoisotopic (exact) mass is 318 g/mol. The molecule has 0 saturated heterocycles. The number of hydrogen-bond acceptors (Lipinski definition) is 2. The first-order valence-corrected chi connectivity index (χ1v) is 6.68. The van der Waals surface area contributed by atoms with Gasteiger partial charge in [-0.15, -0.1) is 13.2 Å². The Balaban J connectivity index is -0.00000180. The van der Waals surface area contributed by atoms with Gasteiger partial charge in [0.15, 0.2) is 0 Å². The molecule has 110 valence electrons. The van der Waals surface area contributed by atoms with E-state index in [2.05, 4.69) is 0 Å². The summed E-state index contributed by atoms with van der Waals surface area (Å²) in [7, 11) is 0. The second kappa shape index (κ2) is 17.7. The van der Waals surface area contributed by atoms with Gasteiger partial charge in [-0.2, -0.15) is 0 Å². The Bertz CT molecular complexity index is 467. The predicted molar refractivity (Wildman–Crippen MR) is 83.0 cm³/mol. The molecule has 0 aromatic carbocycles. The summed E-state index contributed by atoms with van der Waals surface area (Å²) in [5, 5.41) is 21.1. The molecule has 0 fully saturated rings. The van der Waals surface area contributed by atoms with Crippen molar-refractivity contribution in [1.29, 1.82) is 0 Å². The molecule has 0 heterocycles. The zero-order chi connectivity index (χ0) is 15.4. The van der Waals surface area contributed by atoms with Gasteiger partial charge in [0, 0.05) is 0 Å². The van der Waals surface area contributed by atoms with E-state index in [1.165, 1.54) is 0 Å². The van der Waals surface area contributed by atoms with Crippen LogP contribution >= 0.6 is 0 Å². The summed E-state index contributed by atoms with van der Waals surface area (Å²) in [5.74, 6) is 0. The summed E-state index contributed by atoms with van der Waals surface area (Å²) in [6, 6.07) is 0. The molecule has 22 heavy (non-hydrogen) atoms. The number of rotatable bonds is 7. The standard InChI is InChI=1S/C18H24O2.2Na/c1-15(10-7-11-17(3)13-19)8-5-6-9-16(2)12-18(4)14-20;;/h5-12H,13-14H2,1-4H3;;/q-2;2*+1/b6-5+,10-7+,15-8+,16-9+,17-11?,18-12+;;. The van der Waals surface area contributed by atoms with Crippen LogP contribution in [0, 0.1) is 0 Å². The predicted octanol–water partition coefficient (Wildman–Crippen LogP) is -3.39. The molecule has 0 radical (unpaired) electrons. The topological polar surface area (TPSA) is 46.1 Å². The summed E-state index contributed by atoms with van der Waals surface area (Å²) in [4.78, 5) is 0. The third-order valence-electron chi connectivity index (χ3n) is 2.50. The Morgan fingerprint density at radius 1 is 0.682 bits per heavy atom. The Hall–Kier alpha value is 0.360. The first kappa shape index (κ1) is 27.2. The van der Waals surface area contributed by atoms with Crippen LogP contribution in [0.1, 0.15) is 27.7 Å². The van der Waals surface area contributed by atoms with Crippen LogP contribution < -0.4 is 69.3 Å². The summed E-state index contributed by atoms with van der Waals surface area (Å²) in [6.07, 6.45) is 15.4. The first-order valence-electron chi connectivity index (χ1n) is 6.68. The van der Waals surface area contributed by atoms with Crippen LogP contribution in [0.5, 0.6) is 0 Å². The van der Waals surface area contributed by atoms with E-state index in [0.717, 1.165) is 22.3 Å². The molecule has 0 unspecified atom stereocenters. The summed E-state index contributed by atoms with van der Waals surface area (Å²) in [5.41, 5.74) is 3.82. The minimum atomic E-state index is -0.159. The van der Waals surface area contributed by atoms with Crippen molar-refractivity contribution < 1.29 is 69.3 Å². The van der Waals surface area contributed by atoms with Crippen molar-refractivity contribution in [3.63, 3.8) is 0 Å². The fourth-order valence-corrected chi connectivity index (χ4v) is 1.36. The van der Waals surface area contributed by atoms with Gasteiger partial charge < -0.3 is 10.2 Å². The molecule has 0 bridgehead atoms. The smallest absolute Gasteiger partial charge is 0.851 e.